The highest BCUT2D eigenvalue weighted by Crippen LogP contribution is 2.25. The minimum absolute atomic E-state index is 0.161. The highest BCUT2D eigenvalue weighted by atomic mass is 16.4. The number of fused-ring (bicyclic) bond motifs is 1. The summed E-state index contributed by atoms with van der Waals surface area (Å²) in [5.74, 6) is -0.981. The minimum atomic E-state index is -0.981. The second-order valence-electron chi connectivity index (χ2n) is 5.37. The number of H-pyrrole nitrogens is 1. The van der Waals surface area contributed by atoms with E-state index in [9.17, 15) is 4.79 Å². The van der Waals surface area contributed by atoms with E-state index in [2.05, 4.69) is 15.2 Å². The van der Waals surface area contributed by atoms with E-state index in [1.165, 1.54) is 0 Å². The van der Waals surface area contributed by atoms with Crippen LogP contribution >= 0.6 is 0 Å². The Bertz CT molecular complexity index is 879. The molecule has 3 rings (SSSR count). The number of aromatic amines is 1. The molecule has 0 aliphatic rings. The van der Waals surface area contributed by atoms with Gasteiger partial charge in [0.2, 0.25) is 0 Å². The summed E-state index contributed by atoms with van der Waals surface area (Å²) in [5.41, 5.74) is 3.45. The Morgan fingerprint density at radius 2 is 1.65 bits per heavy atom. The van der Waals surface area contributed by atoms with Crippen molar-refractivity contribution in [1.29, 1.82) is 0 Å². The van der Waals surface area contributed by atoms with E-state index in [4.69, 9.17) is 5.11 Å². The standard InChI is InChI=1S/C17H16N4O2/c1-21(2)14-6-3-12(4-7-14)19-20-13-5-8-15-11(9-13)10-16(18-15)17(22)23/h3-10,18H,1-2H3,(H,22,23)/b20-19+. The summed E-state index contributed by atoms with van der Waals surface area (Å²) >= 11 is 0. The Morgan fingerprint density at radius 3 is 2.30 bits per heavy atom. The molecule has 0 atom stereocenters. The number of anilines is 1. The number of hydrogen-bond donors (Lipinski definition) is 2. The van der Waals surface area contributed by atoms with Crippen LogP contribution in [0.2, 0.25) is 0 Å². The lowest BCUT2D eigenvalue weighted by atomic mass is 10.2. The van der Waals surface area contributed by atoms with Gasteiger partial charge < -0.3 is 15.0 Å². The number of carboxylic acids is 1. The number of hydrogen-bond acceptors (Lipinski definition) is 4. The smallest absolute Gasteiger partial charge is 0.352 e. The summed E-state index contributed by atoms with van der Waals surface area (Å²) in [6.45, 7) is 0. The minimum Gasteiger partial charge on any atom is -0.477 e. The van der Waals surface area contributed by atoms with Gasteiger partial charge in [0.25, 0.3) is 0 Å². The zero-order valence-electron chi connectivity index (χ0n) is 12.8. The normalized spacial score (nSPS) is 11.2. The largest absolute Gasteiger partial charge is 0.477 e. The van der Waals surface area contributed by atoms with E-state index in [1.54, 1.807) is 24.3 Å². The van der Waals surface area contributed by atoms with Crippen LogP contribution in [0.15, 0.2) is 58.8 Å². The molecule has 3 aromatic rings. The molecule has 6 nitrogen and oxygen atoms in total. The Balaban J connectivity index is 1.84. The maximum atomic E-state index is 11.0. The first-order chi connectivity index (χ1) is 11.0. The number of benzene rings is 2. The molecular weight excluding hydrogens is 292 g/mol. The fraction of sp³-hybridized carbons (Fsp3) is 0.118. The van der Waals surface area contributed by atoms with E-state index in [0.717, 1.165) is 22.3 Å². The van der Waals surface area contributed by atoms with Gasteiger partial charge in [0.05, 0.1) is 11.4 Å². The van der Waals surface area contributed by atoms with Crippen molar-refractivity contribution in [2.24, 2.45) is 10.2 Å². The van der Waals surface area contributed by atoms with Crippen LogP contribution in [-0.4, -0.2) is 30.2 Å². The molecule has 0 aliphatic carbocycles. The van der Waals surface area contributed by atoms with Gasteiger partial charge in [-0.25, -0.2) is 4.79 Å². The molecule has 2 N–H and O–H groups in total. The summed E-state index contributed by atoms with van der Waals surface area (Å²) in [4.78, 5) is 15.8. The molecule has 1 heterocycles. The zero-order valence-corrected chi connectivity index (χ0v) is 12.8. The van der Waals surface area contributed by atoms with Gasteiger partial charge in [-0.15, -0.1) is 0 Å². The molecule has 2 aromatic carbocycles. The molecule has 116 valence electrons. The summed E-state index contributed by atoms with van der Waals surface area (Å²) in [7, 11) is 3.96. The Hall–Kier alpha value is -3.15. The Labute approximate surface area is 133 Å². The average molecular weight is 308 g/mol. The second kappa shape index (κ2) is 5.92. The fourth-order valence-corrected chi connectivity index (χ4v) is 2.23. The van der Waals surface area contributed by atoms with Crippen LogP contribution in [0.5, 0.6) is 0 Å². The van der Waals surface area contributed by atoms with Crippen molar-refractivity contribution in [3.63, 3.8) is 0 Å². The maximum Gasteiger partial charge on any atom is 0.352 e. The average Bonchev–Trinajstić information content (AvgIpc) is 2.97. The van der Waals surface area contributed by atoms with Crippen molar-refractivity contribution in [2.45, 2.75) is 0 Å². The molecule has 0 radical (unpaired) electrons. The summed E-state index contributed by atoms with van der Waals surface area (Å²) < 4.78 is 0. The number of nitrogens with one attached hydrogen (secondary N) is 1. The van der Waals surface area contributed by atoms with E-state index in [-0.39, 0.29) is 5.69 Å². The number of aromatic carboxylic acids is 1. The number of azo groups is 1. The van der Waals surface area contributed by atoms with Crippen molar-refractivity contribution in [3.8, 4) is 0 Å². The van der Waals surface area contributed by atoms with Crippen molar-refractivity contribution in [3.05, 3.63) is 54.2 Å². The molecule has 23 heavy (non-hydrogen) atoms. The molecule has 0 aliphatic heterocycles. The number of nitrogens with zero attached hydrogens (tertiary/aromatic N) is 3. The van der Waals surface area contributed by atoms with Gasteiger partial charge >= 0.3 is 5.97 Å². The first-order valence-corrected chi connectivity index (χ1v) is 7.08. The number of carboxylic acid groups (broad SMARTS) is 1. The lowest BCUT2D eigenvalue weighted by molar-refractivity contribution is 0.0691. The molecule has 0 spiro atoms. The Morgan fingerprint density at radius 1 is 1.00 bits per heavy atom. The van der Waals surface area contributed by atoms with Gasteiger partial charge in [-0.1, -0.05) is 0 Å². The van der Waals surface area contributed by atoms with Gasteiger partial charge in [-0.3, -0.25) is 0 Å². The van der Waals surface area contributed by atoms with Gasteiger partial charge in [0.15, 0.2) is 0 Å². The van der Waals surface area contributed by atoms with Crippen molar-refractivity contribution in [1.82, 2.24) is 4.98 Å². The van der Waals surface area contributed by atoms with Crippen LogP contribution in [-0.2, 0) is 0 Å². The summed E-state index contributed by atoms with van der Waals surface area (Å²) in [5, 5.41) is 18.2. The Kier molecular flexibility index (Phi) is 3.80. The third kappa shape index (κ3) is 3.21. The van der Waals surface area contributed by atoms with Crippen LogP contribution in [0.3, 0.4) is 0 Å². The lowest BCUT2D eigenvalue weighted by Crippen LogP contribution is -2.07. The molecule has 0 fully saturated rings. The predicted molar refractivity (Wildman–Crippen MR) is 90.2 cm³/mol. The lowest BCUT2D eigenvalue weighted by Gasteiger charge is -2.11. The first kappa shape index (κ1) is 14.8. The summed E-state index contributed by atoms with van der Waals surface area (Å²) in [6, 6.07) is 14.7. The van der Waals surface area contributed by atoms with E-state index < -0.39 is 5.97 Å². The number of aromatic nitrogens is 1. The third-order valence-electron chi connectivity index (χ3n) is 3.48. The molecule has 6 heteroatoms. The van der Waals surface area contributed by atoms with Crippen molar-refractivity contribution in [2.75, 3.05) is 19.0 Å². The third-order valence-corrected chi connectivity index (χ3v) is 3.48. The molecule has 0 saturated heterocycles. The van der Waals surface area contributed by atoms with Crippen molar-refractivity contribution >= 4 is 33.9 Å². The second-order valence-corrected chi connectivity index (χ2v) is 5.37. The number of carbonyl (C=O) groups is 1. The molecule has 0 unspecified atom stereocenters. The zero-order chi connectivity index (χ0) is 16.4. The maximum absolute atomic E-state index is 11.0. The molecule has 0 bridgehead atoms. The monoisotopic (exact) mass is 308 g/mol. The predicted octanol–water partition coefficient (Wildman–Crippen LogP) is 4.35. The molecule has 0 saturated carbocycles. The topological polar surface area (TPSA) is 81.0 Å². The van der Waals surface area contributed by atoms with Crippen LogP contribution in [0.1, 0.15) is 10.5 Å². The molecular formula is C17H16N4O2. The van der Waals surface area contributed by atoms with E-state index in [0.29, 0.717) is 5.69 Å². The van der Waals surface area contributed by atoms with Gasteiger partial charge in [-0.05, 0) is 48.5 Å². The number of rotatable bonds is 4. The van der Waals surface area contributed by atoms with Crippen LogP contribution in [0.25, 0.3) is 10.9 Å². The van der Waals surface area contributed by atoms with E-state index >= 15 is 0 Å². The van der Waals surface area contributed by atoms with Crippen LogP contribution in [0.4, 0.5) is 17.1 Å². The van der Waals surface area contributed by atoms with Gasteiger partial charge in [0.1, 0.15) is 5.69 Å². The van der Waals surface area contributed by atoms with Crippen LogP contribution in [0, 0.1) is 0 Å². The first-order valence-electron chi connectivity index (χ1n) is 7.08. The summed E-state index contributed by atoms with van der Waals surface area (Å²) in [6.07, 6.45) is 0. The van der Waals surface area contributed by atoms with Crippen molar-refractivity contribution < 1.29 is 9.90 Å². The van der Waals surface area contributed by atoms with Crippen LogP contribution < -0.4 is 4.90 Å². The van der Waals surface area contributed by atoms with Gasteiger partial charge in [-0.2, -0.15) is 10.2 Å². The molecule has 0 amide bonds. The highest BCUT2D eigenvalue weighted by Gasteiger charge is 2.07. The fourth-order valence-electron chi connectivity index (χ4n) is 2.23. The quantitative estimate of drug-likeness (QED) is 0.703. The molecule has 1 aromatic heterocycles. The SMILES string of the molecule is CN(C)c1ccc(/N=N/c2ccc3[nH]c(C(=O)O)cc3c2)cc1. The highest BCUT2D eigenvalue weighted by molar-refractivity contribution is 5.94. The van der Waals surface area contributed by atoms with Gasteiger partial charge in [0, 0.05) is 30.7 Å². The van der Waals surface area contributed by atoms with E-state index in [1.807, 2.05) is 43.3 Å².